The fourth-order valence-electron chi connectivity index (χ4n) is 3.55. The van der Waals surface area contributed by atoms with Crippen LogP contribution in [0.4, 0.5) is 0 Å². The Morgan fingerprint density at radius 3 is 2.56 bits per heavy atom. The van der Waals surface area contributed by atoms with E-state index < -0.39 is 0 Å². The van der Waals surface area contributed by atoms with Crippen molar-refractivity contribution < 1.29 is 9.47 Å². The Balaban J connectivity index is 1.64. The van der Waals surface area contributed by atoms with E-state index in [0.717, 1.165) is 34.4 Å². The van der Waals surface area contributed by atoms with Crippen molar-refractivity contribution >= 4 is 0 Å². The number of hydrogen-bond acceptors (Lipinski definition) is 5. The first-order chi connectivity index (χ1) is 13.2. The lowest BCUT2D eigenvalue weighted by Crippen LogP contribution is -2.24. The van der Waals surface area contributed by atoms with E-state index in [4.69, 9.17) is 19.6 Å². The van der Waals surface area contributed by atoms with Crippen molar-refractivity contribution in [2.75, 3.05) is 20.9 Å². The number of benzene rings is 2. The largest absolute Gasteiger partial charge is 0.454 e. The molecule has 1 aromatic heterocycles. The standard InChI is InChI=1S/C21H22N4O2/c1-24(2)19(15-10-11-17-18(12-15)27-13-26-17)21-22-20(14-8-9-14)23-25(21)16-6-4-3-5-7-16/h3-7,10-12,14,19H,8-9,13H2,1-2H3. The lowest BCUT2D eigenvalue weighted by molar-refractivity contribution is 0.174. The van der Waals surface area contributed by atoms with E-state index >= 15 is 0 Å². The number of fused-ring (bicyclic) bond motifs is 1. The Labute approximate surface area is 158 Å². The monoisotopic (exact) mass is 362 g/mol. The van der Waals surface area contributed by atoms with Gasteiger partial charge in [-0.3, -0.25) is 4.90 Å². The van der Waals surface area contributed by atoms with Crippen molar-refractivity contribution in [2.24, 2.45) is 0 Å². The number of rotatable bonds is 5. The van der Waals surface area contributed by atoms with Crippen molar-refractivity contribution in [1.29, 1.82) is 0 Å². The Hall–Kier alpha value is -2.86. The fraction of sp³-hybridized carbons (Fsp3) is 0.333. The first kappa shape index (κ1) is 16.3. The van der Waals surface area contributed by atoms with Gasteiger partial charge in [0.05, 0.1) is 11.7 Å². The second kappa shape index (κ2) is 6.39. The molecule has 0 spiro atoms. The minimum atomic E-state index is -0.0419. The molecular formula is C21H22N4O2. The van der Waals surface area contributed by atoms with Gasteiger partial charge < -0.3 is 9.47 Å². The number of para-hydroxylation sites is 1. The Morgan fingerprint density at radius 1 is 1.04 bits per heavy atom. The van der Waals surface area contributed by atoms with Crippen LogP contribution in [-0.4, -0.2) is 40.6 Å². The highest BCUT2D eigenvalue weighted by Gasteiger charge is 2.32. The van der Waals surface area contributed by atoms with Crippen molar-refractivity contribution in [3.8, 4) is 17.2 Å². The highest BCUT2D eigenvalue weighted by molar-refractivity contribution is 5.47. The number of ether oxygens (including phenoxy) is 2. The second-order valence-corrected chi connectivity index (χ2v) is 7.33. The van der Waals surface area contributed by atoms with Crippen LogP contribution in [0, 0.1) is 0 Å². The lowest BCUT2D eigenvalue weighted by atomic mass is 10.0. The maximum absolute atomic E-state index is 5.59. The van der Waals surface area contributed by atoms with Gasteiger partial charge in [0.2, 0.25) is 6.79 Å². The summed E-state index contributed by atoms with van der Waals surface area (Å²) in [5, 5.41) is 4.87. The van der Waals surface area contributed by atoms with E-state index in [1.165, 1.54) is 12.8 Å². The van der Waals surface area contributed by atoms with E-state index in [9.17, 15) is 0 Å². The predicted octanol–water partition coefficient (Wildman–Crippen LogP) is 3.52. The summed E-state index contributed by atoms with van der Waals surface area (Å²) in [6, 6.07) is 16.3. The molecule has 3 aromatic rings. The molecule has 1 atom stereocenters. The molecule has 138 valence electrons. The van der Waals surface area contributed by atoms with Gasteiger partial charge in [-0.05, 0) is 56.8 Å². The Bertz CT molecular complexity index is 964. The molecule has 27 heavy (non-hydrogen) atoms. The minimum absolute atomic E-state index is 0.0419. The molecule has 0 N–H and O–H groups in total. The molecule has 1 aliphatic heterocycles. The summed E-state index contributed by atoms with van der Waals surface area (Å²) in [4.78, 5) is 7.14. The van der Waals surface area contributed by atoms with Gasteiger partial charge in [0.25, 0.3) is 0 Å². The molecule has 0 radical (unpaired) electrons. The van der Waals surface area contributed by atoms with Crippen molar-refractivity contribution in [1.82, 2.24) is 19.7 Å². The van der Waals surface area contributed by atoms with Crippen molar-refractivity contribution in [2.45, 2.75) is 24.8 Å². The van der Waals surface area contributed by atoms with Crippen LogP contribution in [0.25, 0.3) is 5.69 Å². The maximum Gasteiger partial charge on any atom is 0.231 e. The highest BCUT2D eigenvalue weighted by Crippen LogP contribution is 2.41. The fourth-order valence-corrected chi connectivity index (χ4v) is 3.55. The van der Waals surface area contributed by atoms with Crippen molar-refractivity contribution in [3.05, 3.63) is 65.7 Å². The summed E-state index contributed by atoms with van der Waals surface area (Å²) >= 11 is 0. The van der Waals surface area contributed by atoms with E-state index in [-0.39, 0.29) is 12.8 Å². The van der Waals surface area contributed by atoms with Gasteiger partial charge in [0.15, 0.2) is 23.1 Å². The average molecular weight is 362 g/mol. The zero-order valence-corrected chi connectivity index (χ0v) is 15.5. The Kier molecular flexibility index (Phi) is 3.86. The molecule has 2 heterocycles. The molecule has 2 aromatic carbocycles. The van der Waals surface area contributed by atoms with Gasteiger partial charge >= 0.3 is 0 Å². The highest BCUT2D eigenvalue weighted by atomic mass is 16.7. The molecule has 1 unspecified atom stereocenters. The van der Waals surface area contributed by atoms with Gasteiger partial charge in [0, 0.05) is 5.92 Å². The molecular weight excluding hydrogens is 340 g/mol. The molecule has 0 saturated heterocycles. The van der Waals surface area contributed by atoms with Crippen LogP contribution in [0.5, 0.6) is 11.5 Å². The van der Waals surface area contributed by atoms with Crippen LogP contribution >= 0.6 is 0 Å². The summed E-state index contributed by atoms with van der Waals surface area (Å²) in [7, 11) is 4.13. The van der Waals surface area contributed by atoms with Crippen LogP contribution in [-0.2, 0) is 0 Å². The molecule has 5 rings (SSSR count). The van der Waals surface area contributed by atoms with Crippen LogP contribution in [0.1, 0.15) is 42.0 Å². The summed E-state index contributed by atoms with van der Waals surface area (Å²) in [5.74, 6) is 3.94. The molecule has 0 amide bonds. The van der Waals surface area contributed by atoms with E-state index in [2.05, 4.69) is 37.2 Å². The zero-order chi connectivity index (χ0) is 18.4. The van der Waals surface area contributed by atoms with E-state index in [0.29, 0.717) is 5.92 Å². The number of aromatic nitrogens is 3. The van der Waals surface area contributed by atoms with Gasteiger partial charge in [-0.2, -0.15) is 5.10 Å². The number of nitrogens with zero attached hydrogens (tertiary/aromatic N) is 4. The first-order valence-electron chi connectivity index (χ1n) is 9.29. The summed E-state index contributed by atoms with van der Waals surface area (Å²) in [6.45, 7) is 0.275. The van der Waals surface area contributed by atoms with Crippen LogP contribution in [0.2, 0.25) is 0 Å². The maximum atomic E-state index is 5.59. The van der Waals surface area contributed by atoms with Gasteiger partial charge in [-0.25, -0.2) is 9.67 Å². The van der Waals surface area contributed by atoms with Gasteiger partial charge in [-0.1, -0.05) is 24.3 Å². The minimum Gasteiger partial charge on any atom is -0.454 e. The SMILES string of the molecule is CN(C)C(c1ccc2c(c1)OCO2)c1nc(C2CC2)nn1-c1ccccc1. The normalized spacial score (nSPS) is 16.7. The third-order valence-corrected chi connectivity index (χ3v) is 5.07. The predicted molar refractivity (Wildman–Crippen MR) is 101 cm³/mol. The van der Waals surface area contributed by atoms with Crippen LogP contribution in [0.15, 0.2) is 48.5 Å². The quantitative estimate of drug-likeness (QED) is 0.695. The van der Waals surface area contributed by atoms with E-state index in [1.54, 1.807) is 0 Å². The smallest absolute Gasteiger partial charge is 0.231 e. The van der Waals surface area contributed by atoms with Crippen LogP contribution < -0.4 is 9.47 Å². The molecule has 1 saturated carbocycles. The molecule has 6 heteroatoms. The molecule has 2 aliphatic rings. The number of hydrogen-bond donors (Lipinski definition) is 0. The molecule has 1 fully saturated rings. The summed E-state index contributed by atoms with van der Waals surface area (Å²) in [6.07, 6.45) is 2.35. The summed E-state index contributed by atoms with van der Waals surface area (Å²) < 4.78 is 13.0. The third kappa shape index (κ3) is 2.96. The van der Waals surface area contributed by atoms with Gasteiger partial charge in [0.1, 0.15) is 0 Å². The Morgan fingerprint density at radius 2 is 1.81 bits per heavy atom. The topological polar surface area (TPSA) is 52.4 Å². The molecule has 6 nitrogen and oxygen atoms in total. The third-order valence-electron chi connectivity index (χ3n) is 5.07. The molecule has 1 aliphatic carbocycles. The summed E-state index contributed by atoms with van der Waals surface area (Å²) in [5.41, 5.74) is 2.13. The average Bonchev–Trinajstić information content (AvgIpc) is 3.27. The first-order valence-corrected chi connectivity index (χ1v) is 9.29. The van der Waals surface area contributed by atoms with E-state index in [1.807, 2.05) is 35.0 Å². The zero-order valence-electron chi connectivity index (χ0n) is 15.5. The van der Waals surface area contributed by atoms with Crippen LogP contribution in [0.3, 0.4) is 0 Å². The van der Waals surface area contributed by atoms with Gasteiger partial charge in [-0.15, -0.1) is 0 Å². The molecule has 0 bridgehead atoms. The lowest BCUT2D eigenvalue weighted by Gasteiger charge is -2.24. The van der Waals surface area contributed by atoms with Crippen molar-refractivity contribution in [3.63, 3.8) is 0 Å². The second-order valence-electron chi connectivity index (χ2n) is 7.33.